The zero-order valence-corrected chi connectivity index (χ0v) is 11.3. The van der Waals surface area contributed by atoms with Crippen molar-refractivity contribution in [2.75, 3.05) is 12.4 Å². The third-order valence-corrected chi connectivity index (χ3v) is 4.16. The number of ether oxygens (including phenoxy) is 1. The summed E-state index contributed by atoms with van der Waals surface area (Å²) in [5.41, 5.74) is 1.02. The lowest BCUT2D eigenvalue weighted by Crippen LogP contribution is -1.99. The van der Waals surface area contributed by atoms with E-state index in [1.165, 1.54) is 4.88 Å². The van der Waals surface area contributed by atoms with Crippen molar-refractivity contribution in [1.82, 2.24) is 0 Å². The fraction of sp³-hybridized carbons (Fsp3) is 0.167. The molecule has 2 nitrogen and oxygen atoms in total. The Balaban J connectivity index is 2.07. The van der Waals surface area contributed by atoms with Crippen LogP contribution in [0.25, 0.3) is 0 Å². The van der Waals surface area contributed by atoms with Crippen molar-refractivity contribution in [3.8, 4) is 5.75 Å². The molecule has 0 bridgehead atoms. The number of hydrogen-bond donors (Lipinski definition) is 1. The van der Waals surface area contributed by atoms with E-state index >= 15 is 0 Å². The highest BCUT2D eigenvalue weighted by atomic mass is 79.9. The van der Waals surface area contributed by atoms with Gasteiger partial charge >= 0.3 is 0 Å². The fourth-order valence-corrected chi connectivity index (χ4v) is 2.85. The average molecular weight is 298 g/mol. The largest absolute Gasteiger partial charge is 0.495 e. The van der Waals surface area contributed by atoms with Crippen molar-refractivity contribution in [3.05, 3.63) is 45.1 Å². The summed E-state index contributed by atoms with van der Waals surface area (Å²) in [4.78, 5) is 1.28. The molecule has 0 saturated carbocycles. The topological polar surface area (TPSA) is 21.3 Å². The SMILES string of the molecule is COc1ccccc1NCc1sccc1Br. The molecule has 0 unspecified atom stereocenters. The lowest BCUT2D eigenvalue weighted by Gasteiger charge is -2.10. The predicted octanol–water partition coefficient (Wildman–Crippen LogP) is 4.13. The van der Waals surface area contributed by atoms with E-state index in [0.717, 1.165) is 22.5 Å². The molecule has 1 aromatic carbocycles. The van der Waals surface area contributed by atoms with Crippen LogP contribution in [0.3, 0.4) is 0 Å². The molecule has 1 aromatic heterocycles. The number of hydrogen-bond acceptors (Lipinski definition) is 3. The van der Waals surface area contributed by atoms with E-state index in [4.69, 9.17) is 4.74 Å². The van der Waals surface area contributed by atoms with Crippen molar-refractivity contribution in [2.45, 2.75) is 6.54 Å². The first-order valence-electron chi connectivity index (χ1n) is 4.90. The highest BCUT2D eigenvalue weighted by molar-refractivity contribution is 9.10. The predicted molar refractivity (Wildman–Crippen MR) is 72.3 cm³/mol. The van der Waals surface area contributed by atoms with Gasteiger partial charge in [0.2, 0.25) is 0 Å². The molecule has 84 valence electrons. The molecule has 0 spiro atoms. The smallest absolute Gasteiger partial charge is 0.141 e. The zero-order chi connectivity index (χ0) is 11.4. The maximum absolute atomic E-state index is 5.27. The third kappa shape index (κ3) is 2.57. The minimum atomic E-state index is 0.804. The Morgan fingerprint density at radius 2 is 2.12 bits per heavy atom. The molecule has 0 saturated heterocycles. The minimum Gasteiger partial charge on any atom is -0.495 e. The van der Waals surface area contributed by atoms with Gasteiger partial charge in [-0.05, 0) is 39.5 Å². The van der Waals surface area contributed by atoms with Gasteiger partial charge in [0.1, 0.15) is 5.75 Å². The first-order chi connectivity index (χ1) is 7.81. The normalized spacial score (nSPS) is 10.1. The quantitative estimate of drug-likeness (QED) is 0.916. The Morgan fingerprint density at radius 3 is 2.81 bits per heavy atom. The highest BCUT2D eigenvalue weighted by Crippen LogP contribution is 2.27. The summed E-state index contributed by atoms with van der Waals surface area (Å²) in [6.07, 6.45) is 0. The number of thiophene rings is 1. The summed E-state index contributed by atoms with van der Waals surface area (Å²) in [5, 5.41) is 5.44. The van der Waals surface area contributed by atoms with Gasteiger partial charge in [-0.15, -0.1) is 11.3 Å². The van der Waals surface area contributed by atoms with Gasteiger partial charge < -0.3 is 10.1 Å². The second-order valence-electron chi connectivity index (χ2n) is 3.25. The molecule has 0 fully saturated rings. The van der Waals surface area contributed by atoms with Crippen LogP contribution in [0.1, 0.15) is 4.88 Å². The van der Waals surface area contributed by atoms with Crippen LogP contribution in [0, 0.1) is 0 Å². The number of methoxy groups -OCH3 is 1. The van der Waals surface area contributed by atoms with Gasteiger partial charge in [-0.25, -0.2) is 0 Å². The lowest BCUT2D eigenvalue weighted by molar-refractivity contribution is 0.416. The van der Waals surface area contributed by atoms with Crippen molar-refractivity contribution in [2.24, 2.45) is 0 Å². The van der Waals surface area contributed by atoms with Gasteiger partial charge in [-0.2, -0.15) is 0 Å². The Bertz CT molecular complexity index is 470. The zero-order valence-electron chi connectivity index (χ0n) is 8.87. The summed E-state index contributed by atoms with van der Waals surface area (Å²) in [6, 6.07) is 9.98. The molecule has 2 rings (SSSR count). The first-order valence-corrected chi connectivity index (χ1v) is 6.57. The Morgan fingerprint density at radius 1 is 1.31 bits per heavy atom. The van der Waals surface area contributed by atoms with Crippen molar-refractivity contribution in [1.29, 1.82) is 0 Å². The molecule has 0 aliphatic rings. The molecule has 0 aliphatic heterocycles. The molecule has 1 heterocycles. The molecule has 16 heavy (non-hydrogen) atoms. The monoisotopic (exact) mass is 297 g/mol. The van der Waals surface area contributed by atoms with E-state index in [2.05, 4.69) is 32.7 Å². The minimum absolute atomic E-state index is 0.804. The van der Waals surface area contributed by atoms with Gasteiger partial charge in [0, 0.05) is 9.35 Å². The Hall–Kier alpha value is -1.00. The second kappa shape index (κ2) is 5.37. The van der Waals surface area contributed by atoms with E-state index in [1.807, 2.05) is 24.3 Å². The number of anilines is 1. The van der Waals surface area contributed by atoms with Crippen molar-refractivity contribution >= 4 is 33.0 Å². The number of benzene rings is 1. The van der Waals surface area contributed by atoms with E-state index in [0.29, 0.717) is 0 Å². The van der Waals surface area contributed by atoms with E-state index < -0.39 is 0 Å². The molecule has 0 atom stereocenters. The van der Waals surface area contributed by atoms with Crippen molar-refractivity contribution in [3.63, 3.8) is 0 Å². The van der Waals surface area contributed by atoms with Gasteiger partial charge in [0.25, 0.3) is 0 Å². The Kier molecular flexibility index (Phi) is 3.85. The van der Waals surface area contributed by atoms with Crippen molar-refractivity contribution < 1.29 is 4.74 Å². The maximum Gasteiger partial charge on any atom is 0.141 e. The molecule has 2 aromatic rings. The van der Waals surface area contributed by atoms with Crippen LogP contribution in [0.2, 0.25) is 0 Å². The van der Waals surface area contributed by atoms with E-state index in [9.17, 15) is 0 Å². The molecule has 1 N–H and O–H groups in total. The van der Waals surface area contributed by atoms with Crippen LogP contribution < -0.4 is 10.1 Å². The van der Waals surface area contributed by atoms with Crippen LogP contribution in [0.4, 0.5) is 5.69 Å². The lowest BCUT2D eigenvalue weighted by atomic mass is 10.3. The first kappa shape index (κ1) is 11.5. The fourth-order valence-electron chi connectivity index (χ4n) is 1.42. The third-order valence-electron chi connectivity index (χ3n) is 2.24. The standard InChI is InChI=1S/C12H12BrNOS/c1-15-11-5-3-2-4-10(11)14-8-12-9(13)6-7-16-12/h2-7,14H,8H2,1H3. The van der Waals surface area contributed by atoms with Gasteiger partial charge in [0.15, 0.2) is 0 Å². The number of para-hydroxylation sites is 2. The summed E-state index contributed by atoms with van der Waals surface area (Å²) >= 11 is 5.25. The maximum atomic E-state index is 5.27. The highest BCUT2D eigenvalue weighted by Gasteiger charge is 2.03. The van der Waals surface area contributed by atoms with E-state index in [-0.39, 0.29) is 0 Å². The Labute approximate surface area is 107 Å². The van der Waals surface area contributed by atoms with Gasteiger partial charge in [-0.3, -0.25) is 0 Å². The summed E-state index contributed by atoms with van der Waals surface area (Å²) in [6.45, 7) is 0.804. The number of rotatable bonds is 4. The average Bonchev–Trinajstić information content (AvgIpc) is 2.72. The van der Waals surface area contributed by atoms with Crippen LogP contribution in [-0.2, 0) is 6.54 Å². The molecular formula is C12H12BrNOS. The molecule has 0 radical (unpaired) electrons. The number of nitrogens with one attached hydrogen (secondary N) is 1. The van der Waals surface area contributed by atoms with Gasteiger partial charge in [-0.1, -0.05) is 12.1 Å². The van der Waals surface area contributed by atoms with Crippen LogP contribution >= 0.6 is 27.3 Å². The van der Waals surface area contributed by atoms with Crippen LogP contribution in [-0.4, -0.2) is 7.11 Å². The second-order valence-corrected chi connectivity index (χ2v) is 5.10. The summed E-state index contributed by atoms with van der Waals surface area (Å²) in [7, 11) is 1.68. The summed E-state index contributed by atoms with van der Waals surface area (Å²) < 4.78 is 6.43. The number of halogens is 1. The van der Waals surface area contributed by atoms with Gasteiger partial charge in [0.05, 0.1) is 19.3 Å². The van der Waals surface area contributed by atoms with Crippen LogP contribution in [0.15, 0.2) is 40.2 Å². The molecule has 0 amide bonds. The molecular weight excluding hydrogens is 286 g/mol. The van der Waals surface area contributed by atoms with Crippen LogP contribution in [0.5, 0.6) is 5.75 Å². The molecule has 0 aliphatic carbocycles. The summed E-state index contributed by atoms with van der Waals surface area (Å²) in [5.74, 6) is 0.871. The molecule has 4 heteroatoms. The van der Waals surface area contributed by atoms with E-state index in [1.54, 1.807) is 18.4 Å².